The summed E-state index contributed by atoms with van der Waals surface area (Å²) in [4.78, 5) is 0. The molecule has 16 heavy (non-hydrogen) atoms. The van der Waals surface area contributed by atoms with Gasteiger partial charge in [-0.15, -0.1) is 0 Å². The lowest BCUT2D eigenvalue weighted by molar-refractivity contribution is 0.00130. The standard InChI is InChI=1S/C13H26N2O/c1-10-6-7-12(9-11(10)2)16-8-4-3-5-13(14)15/h10-12H,3-9H2,1-2H3,(H3,14,15). The molecule has 3 heteroatoms. The van der Waals surface area contributed by atoms with E-state index in [9.17, 15) is 0 Å². The van der Waals surface area contributed by atoms with Gasteiger partial charge in [0.2, 0.25) is 0 Å². The topological polar surface area (TPSA) is 59.1 Å². The van der Waals surface area contributed by atoms with E-state index in [1.807, 2.05) is 0 Å². The number of hydrogen-bond acceptors (Lipinski definition) is 2. The van der Waals surface area contributed by atoms with Gasteiger partial charge >= 0.3 is 0 Å². The molecule has 3 atom stereocenters. The summed E-state index contributed by atoms with van der Waals surface area (Å²) in [5, 5.41) is 7.11. The van der Waals surface area contributed by atoms with Crippen LogP contribution in [0.3, 0.4) is 0 Å². The van der Waals surface area contributed by atoms with Crippen LogP contribution in [0.25, 0.3) is 0 Å². The van der Waals surface area contributed by atoms with Crippen molar-refractivity contribution in [1.82, 2.24) is 0 Å². The molecule has 1 fully saturated rings. The summed E-state index contributed by atoms with van der Waals surface area (Å²) in [6.45, 7) is 5.50. The fourth-order valence-electron chi connectivity index (χ4n) is 2.32. The van der Waals surface area contributed by atoms with E-state index in [1.54, 1.807) is 0 Å². The van der Waals surface area contributed by atoms with Gasteiger partial charge in [-0.05, 0) is 43.9 Å². The summed E-state index contributed by atoms with van der Waals surface area (Å²) < 4.78 is 5.87. The molecule has 1 aliphatic rings. The zero-order valence-corrected chi connectivity index (χ0v) is 10.7. The van der Waals surface area contributed by atoms with Crippen LogP contribution in [0.1, 0.15) is 52.4 Å². The van der Waals surface area contributed by atoms with Crippen LogP contribution in [0.2, 0.25) is 0 Å². The second-order valence-corrected chi connectivity index (χ2v) is 5.24. The predicted molar refractivity (Wildman–Crippen MR) is 67.7 cm³/mol. The molecule has 0 spiro atoms. The molecule has 94 valence electrons. The van der Waals surface area contributed by atoms with Crippen LogP contribution in [0, 0.1) is 17.2 Å². The third kappa shape index (κ3) is 4.97. The molecule has 0 radical (unpaired) electrons. The van der Waals surface area contributed by atoms with Gasteiger partial charge in [-0.1, -0.05) is 13.8 Å². The van der Waals surface area contributed by atoms with Crippen molar-refractivity contribution < 1.29 is 4.74 Å². The lowest BCUT2D eigenvalue weighted by atomic mass is 9.80. The number of ether oxygens (including phenoxy) is 1. The SMILES string of the molecule is CC1CCC(OCCCCC(=N)N)CC1C. The molecule has 0 aromatic rings. The third-order valence-electron chi connectivity index (χ3n) is 3.74. The van der Waals surface area contributed by atoms with Gasteiger partial charge in [0.05, 0.1) is 11.9 Å². The molecule has 0 heterocycles. The molecule has 1 saturated carbocycles. The van der Waals surface area contributed by atoms with Crippen molar-refractivity contribution in [1.29, 1.82) is 5.41 Å². The van der Waals surface area contributed by atoms with Gasteiger partial charge in [0, 0.05) is 13.0 Å². The Balaban J connectivity index is 2.03. The van der Waals surface area contributed by atoms with E-state index in [0.717, 1.165) is 31.3 Å². The van der Waals surface area contributed by atoms with Crippen LogP contribution in [0.4, 0.5) is 0 Å². The highest BCUT2D eigenvalue weighted by molar-refractivity contribution is 5.76. The smallest absolute Gasteiger partial charge is 0.0905 e. The van der Waals surface area contributed by atoms with Crippen molar-refractivity contribution in [2.75, 3.05) is 6.61 Å². The molecule has 1 aliphatic carbocycles. The highest BCUT2D eigenvalue weighted by Gasteiger charge is 2.24. The van der Waals surface area contributed by atoms with Crippen LogP contribution in [-0.4, -0.2) is 18.5 Å². The summed E-state index contributed by atoms with van der Waals surface area (Å²) in [5.41, 5.74) is 5.29. The molecule has 0 aliphatic heterocycles. The van der Waals surface area contributed by atoms with Crippen molar-refractivity contribution >= 4 is 5.84 Å². The van der Waals surface area contributed by atoms with E-state index in [4.69, 9.17) is 15.9 Å². The summed E-state index contributed by atoms with van der Waals surface area (Å²) in [6, 6.07) is 0. The minimum absolute atomic E-state index is 0.292. The van der Waals surface area contributed by atoms with Gasteiger partial charge in [0.1, 0.15) is 0 Å². The van der Waals surface area contributed by atoms with E-state index in [1.165, 1.54) is 19.3 Å². The lowest BCUT2D eigenvalue weighted by Gasteiger charge is -2.31. The average Bonchev–Trinajstić information content (AvgIpc) is 2.22. The Morgan fingerprint density at radius 1 is 1.25 bits per heavy atom. The van der Waals surface area contributed by atoms with Crippen LogP contribution < -0.4 is 5.73 Å². The minimum Gasteiger partial charge on any atom is -0.388 e. The van der Waals surface area contributed by atoms with Crippen molar-refractivity contribution in [2.24, 2.45) is 17.6 Å². The average molecular weight is 226 g/mol. The maximum absolute atomic E-state index is 7.11. The molecule has 0 amide bonds. The number of amidine groups is 1. The molecular formula is C13H26N2O. The fraction of sp³-hybridized carbons (Fsp3) is 0.923. The van der Waals surface area contributed by atoms with E-state index in [2.05, 4.69) is 13.8 Å². The first kappa shape index (κ1) is 13.5. The summed E-state index contributed by atoms with van der Waals surface area (Å²) in [7, 11) is 0. The quantitative estimate of drug-likeness (QED) is 0.415. The number of nitrogens with one attached hydrogen (secondary N) is 1. The van der Waals surface area contributed by atoms with Gasteiger partial charge in [0.15, 0.2) is 0 Å². The van der Waals surface area contributed by atoms with Crippen LogP contribution in [0.5, 0.6) is 0 Å². The fourth-order valence-corrected chi connectivity index (χ4v) is 2.32. The molecule has 3 unspecified atom stereocenters. The Labute approximate surface area is 99.3 Å². The van der Waals surface area contributed by atoms with Crippen molar-refractivity contribution in [3.8, 4) is 0 Å². The van der Waals surface area contributed by atoms with Gasteiger partial charge in [-0.2, -0.15) is 0 Å². The highest BCUT2D eigenvalue weighted by Crippen LogP contribution is 2.30. The van der Waals surface area contributed by atoms with Gasteiger partial charge in [0.25, 0.3) is 0 Å². The van der Waals surface area contributed by atoms with Crippen molar-refractivity contribution in [3.05, 3.63) is 0 Å². The van der Waals surface area contributed by atoms with Gasteiger partial charge < -0.3 is 10.5 Å². The Morgan fingerprint density at radius 3 is 2.62 bits per heavy atom. The zero-order valence-electron chi connectivity index (χ0n) is 10.7. The highest BCUT2D eigenvalue weighted by atomic mass is 16.5. The Kier molecular flexibility index (Phi) is 5.81. The second-order valence-electron chi connectivity index (χ2n) is 5.24. The van der Waals surface area contributed by atoms with Crippen LogP contribution in [-0.2, 0) is 4.74 Å². The molecular weight excluding hydrogens is 200 g/mol. The Bertz CT molecular complexity index is 218. The molecule has 3 N–H and O–H groups in total. The summed E-state index contributed by atoms with van der Waals surface area (Å²) >= 11 is 0. The van der Waals surface area contributed by atoms with Gasteiger partial charge in [-0.3, -0.25) is 5.41 Å². The first-order valence-corrected chi connectivity index (χ1v) is 6.54. The minimum atomic E-state index is 0.292. The molecule has 0 saturated heterocycles. The van der Waals surface area contributed by atoms with E-state index in [0.29, 0.717) is 18.4 Å². The molecule has 0 aromatic heterocycles. The predicted octanol–water partition coefficient (Wildman–Crippen LogP) is 2.93. The zero-order chi connectivity index (χ0) is 12.0. The van der Waals surface area contributed by atoms with E-state index >= 15 is 0 Å². The number of hydrogen-bond donors (Lipinski definition) is 2. The molecule has 1 rings (SSSR count). The second kappa shape index (κ2) is 6.89. The summed E-state index contributed by atoms with van der Waals surface area (Å²) in [6.07, 6.45) is 6.93. The first-order valence-electron chi connectivity index (χ1n) is 6.54. The number of rotatable bonds is 6. The van der Waals surface area contributed by atoms with Crippen molar-refractivity contribution in [2.45, 2.75) is 58.5 Å². The van der Waals surface area contributed by atoms with Crippen molar-refractivity contribution in [3.63, 3.8) is 0 Å². The number of nitrogens with two attached hydrogens (primary N) is 1. The summed E-state index contributed by atoms with van der Waals surface area (Å²) in [5.74, 6) is 1.95. The molecule has 0 bridgehead atoms. The lowest BCUT2D eigenvalue weighted by Crippen LogP contribution is -2.27. The van der Waals surface area contributed by atoms with Crippen LogP contribution in [0.15, 0.2) is 0 Å². The Hall–Kier alpha value is -0.570. The first-order chi connectivity index (χ1) is 7.59. The van der Waals surface area contributed by atoms with Gasteiger partial charge in [-0.25, -0.2) is 0 Å². The number of unbranched alkanes of at least 4 members (excludes halogenated alkanes) is 1. The van der Waals surface area contributed by atoms with E-state index < -0.39 is 0 Å². The van der Waals surface area contributed by atoms with Crippen LogP contribution >= 0.6 is 0 Å². The maximum Gasteiger partial charge on any atom is 0.0905 e. The molecule has 3 nitrogen and oxygen atoms in total. The molecule has 0 aromatic carbocycles. The largest absolute Gasteiger partial charge is 0.388 e. The normalized spacial score (nSPS) is 30.2. The van der Waals surface area contributed by atoms with E-state index in [-0.39, 0.29) is 0 Å². The Morgan fingerprint density at radius 2 is 2.00 bits per heavy atom. The maximum atomic E-state index is 7.11. The monoisotopic (exact) mass is 226 g/mol. The third-order valence-corrected chi connectivity index (χ3v) is 3.74.